The summed E-state index contributed by atoms with van der Waals surface area (Å²) in [6.45, 7) is 6.98. The fraction of sp³-hybridized carbons (Fsp3) is 1.00. The van der Waals surface area contributed by atoms with E-state index in [0.29, 0.717) is 18.7 Å². The number of nitrogens with zero attached hydrogens (tertiary/aromatic N) is 2. The van der Waals surface area contributed by atoms with Crippen LogP contribution in [-0.4, -0.2) is 52.8 Å². The van der Waals surface area contributed by atoms with Gasteiger partial charge in [-0.25, -0.2) is 0 Å². The van der Waals surface area contributed by atoms with Gasteiger partial charge in [-0.1, -0.05) is 19.3 Å². The van der Waals surface area contributed by atoms with Gasteiger partial charge < -0.3 is 23.9 Å². The summed E-state index contributed by atoms with van der Waals surface area (Å²) in [4.78, 5) is 0. The first-order valence-electron chi connectivity index (χ1n) is 7.76. The molecule has 22 heavy (non-hydrogen) atoms. The Bertz CT molecular complexity index is 328. The average molecular weight is 414 g/mol. The SMILES string of the molecule is CC1O[Si]2(CCC[N-]CC3CCC[N-]3)OC(C)C1O2.[Cl][Ni+2][Cl]. The van der Waals surface area contributed by atoms with Crippen molar-refractivity contribution in [3.8, 4) is 0 Å². The van der Waals surface area contributed by atoms with Crippen LogP contribution in [0.2, 0.25) is 6.04 Å². The third kappa shape index (κ3) is 5.30. The van der Waals surface area contributed by atoms with Crippen LogP contribution in [0.1, 0.15) is 33.1 Å². The van der Waals surface area contributed by atoms with E-state index in [1.807, 2.05) is 0 Å². The molecular weight excluding hydrogens is 390 g/mol. The van der Waals surface area contributed by atoms with Crippen molar-refractivity contribution in [3.05, 3.63) is 10.6 Å². The molecule has 3 unspecified atom stereocenters. The Labute approximate surface area is 148 Å². The number of hydrogen-bond donors (Lipinski definition) is 0. The second-order valence-corrected chi connectivity index (χ2v) is 10.1. The molecule has 9 heteroatoms. The predicted octanol–water partition coefficient (Wildman–Crippen LogP) is 3.82. The van der Waals surface area contributed by atoms with E-state index < -0.39 is 8.80 Å². The second-order valence-electron chi connectivity index (χ2n) is 5.89. The average Bonchev–Trinajstić information content (AvgIpc) is 3.14. The molecule has 3 heterocycles. The van der Waals surface area contributed by atoms with Crippen LogP contribution in [0.5, 0.6) is 0 Å². The van der Waals surface area contributed by atoms with Gasteiger partial charge in [-0.2, -0.15) is 12.6 Å². The van der Waals surface area contributed by atoms with E-state index in [-0.39, 0.29) is 18.3 Å². The fourth-order valence-corrected chi connectivity index (χ4v) is 6.54. The molecular formula is C13H24Cl2N2NiO3Si. The topological polar surface area (TPSA) is 55.9 Å². The third-order valence-corrected chi connectivity index (χ3v) is 7.25. The maximum atomic E-state index is 6.00. The summed E-state index contributed by atoms with van der Waals surface area (Å²) in [5.41, 5.74) is 0. The molecule has 132 valence electrons. The summed E-state index contributed by atoms with van der Waals surface area (Å²) in [5.74, 6) is 0. The molecule has 0 aromatic heterocycles. The van der Waals surface area contributed by atoms with E-state index >= 15 is 0 Å². The summed E-state index contributed by atoms with van der Waals surface area (Å²) < 4.78 is 17.9. The molecule has 3 aliphatic heterocycles. The van der Waals surface area contributed by atoms with Crippen molar-refractivity contribution in [3.63, 3.8) is 0 Å². The van der Waals surface area contributed by atoms with Gasteiger partial charge in [0.05, 0.1) is 18.3 Å². The van der Waals surface area contributed by atoms with Crippen molar-refractivity contribution in [1.82, 2.24) is 0 Å². The van der Waals surface area contributed by atoms with Gasteiger partial charge in [0.2, 0.25) is 0 Å². The maximum absolute atomic E-state index is 6.00. The van der Waals surface area contributed by atoms with Gasteiger partial charge in [0.25, 0.3) is 0 Å². The Morgan fingerprint density at radius 3 is 2.45 bits per heavy atom. The molecule has 3 aliphatic rings. The number of fused-ring (bicyclic) bond motifs is 2. The summed E-state index contributed by atoms with van der Waals surface area (Å²) in [6, 6.07) is 1.39. The Kier molecular flexibility index (Phi) is 8.42. The zero-order chi connectivity index (χ0) is 16.0. The Hall–Kier alpha value is 1.09. The van der Waals surface area contributed by atoms with E-state index in [4.69, 9.17) is 33.7 Å². The Balaban J connectivity index is 0.000000545. The van der Waals surface area contributed by atoms with Crippen molar-refractivity contribution >= 4 is 29.2 Å². The molecule has 0 aliphatic carbocycles. The molecule has 5 nitrogen and oxygen atoms in total. The molecule has 3 atom stereocenters. The van der Waals surface area contributed by atoms with E-state index in [1.165, 1.54) is 12.8 Å². The molecule has 0 amide bonds. The first-order chi connectivity index (χ1) is 10.6. The third-order valence-electron chi connectivity index (χ3n) is 4.19. The van der Waals surface area contributed by atoms with Crippen LogP contribution in [0, 0.1) is 0 Å². The van der Waals surface area contributed by atoms with E-state index in [9.17, 15) is 0 Å². The molecule has 3 saturated heterocycles. The molecule has 0 spiro atoms. The van der Waals surface area contributed by atoms with Crippen LogP contribution in [0.4, 0.5) is 0 Å². The molecule has 0 N–H and O–H groups in total. The number of rotatable bonds is 6. The first kappa shape index (κ1) is 19.4. The summed E-state index contributed by atoms with van der Waals surface area (Å²) in [7, 11) is 7.08. The molecule has 0 aromatic rings. The van der Waals surface area contributed by atoms with E-state index in [0.717, 1.165) is 32.1 Å². The normalized spacial score (nSPS) is 40.0. The van der Waals surface area contributed by atoms with Gasteiger partial charge >= 0.3 is 41.8 Å². The zero-order valence-corrected chi connectivity index (χ0v) is 16.4. The van der Waals surface area contributed by atoms with Crippen molar-refractivity contribution in [2.24, 2.45) is 0 Å². The van der Waals surface area contributed by atoms with E-state index in [2.05, 4.69) is 24.5 Å². The standard InChI is InChI=1S/C13H24N2O3Si.2ClH.Ni/c1-10-13-11(2)17-19(16-10,18-13)8-4-6-14-9-12-5-3-7-15-12;;;/h10-13H,3-9H2,1-2H3;2*1H;/q-2;;;+4/p-2. The van der Waals surface area contributed by atoms with Gasteiger partial charge in [-0.05, 0) is 13.8 Å². The summed E-state index contributed by atoms with van der Waals surface area (Å²) >= 11 is 0.569. The molecule has 0 radical (unpaired) electrons. The minimum absolute atomic E-state index is 0.154. The Morgan fingerprint density at radius 1 is 1.23 bits per heavy atom. The molecule has 2 bridgehead atoms. The van der Waals surface area contributed by atoms with Crippen molar-refractivity contribution in [2.45, 2.75) is 63.5 Å². The summed E-state index contributed by atoms with van der Waals surface area (Å²) in [6.07, 6.45) is 4.01. The monoisotopic (exact) mass is 412 g/mol. The first-order valence-corrected chi connectivity index (χ1v) is 12.4. The fourth-order valence-electron chi connectivity index (χ4n) is 3.23. The van der Waals surface area contributed by atoms with Crippen LogP contribution in [0.25, 0.3) is 10.6 Å². The molecule has 3 rings (SSSR count). The van der Waals surface area contributed by atoms with E-state index in [1.54, 1.807) is 0 Å². The quantitative estimate of drug-likeness (QED) is 0.491. The second kappa shape index (κ2) is 9.54. The zero-order valence-electron chi connectivity index (χ0n) is 13.0. The van der Waals surface area contributed by atoms with Crippen LogP contribution < -0.4 is 0 Å². The molecule has 3 fully saturated rings. The Morgan fingerprint density at radius 2 is 1.91 bits per heavy atom. The van der Waals surface area contributed by atoms with Crippen molar-refractivity contribution < 1.29 is 25.9 Å². The number of halogens is 2. The number of hydrogen-bond acceptors (Lipinski definition) is 3. The van der Waals surface area contributed by atoms with Gasteiger partial charge in [-0.3, -0.25) is 0 Å². The minimum atomic E-state index is -2.32. The van der Waals surface area contributed by atoms with Crippen LogP contribution in [-0.2, 0) is 25.9 Å². The van der Waals surface area contributed by atoms with Gasteiger partial charge in [0.1, 0.15) is 0 Å². The van der Waals surface area contributed by atoms with Crippen LogP contribution in [0.15, 0.2) is 0 Å². The van der Waals surface area contributed by atoms with Crippen molar-refractivity contribution in [1.29, 1.82) is 0 Å². The van der Waals surface area contributed by atoms with Crippen LogP contribution in [0.3, 0.4) is 0 Å². The van der Waals surface area contributed by atoms with Crippen molar-refractivity contribution in [2.75, 3.05) is 19.6 Å². The van der Waals surface area contributed by atoms with Gasteiger partial charge in [0.15, 0.2) is 0 Å². The predicted molar refractivity (Wildman–Crippen MR) is 87.2 cm³/mol. The van der Waals surface area contributed by atoms with Gasteiger partial charge in [0, 0.05) is 6.04 Å². The molecule has 0 saturated carbocycles. The molecule has 0 aromatic carbocycles. The van der Waals surface area contributed by atoms with Crippen LogP contribution >= 0.6 is 20.4 Å². The summed E-state index contributed by atoms with van der Waals surface area (Å²) in [5, 5.41) is 9.10. The van der Waals surface area contributed by atoms with Gasteiger partial charge in [-0.15, -0.1) is 13.1 Å².